The highest BCUT2D eigenvalue weighted by Crippen LogP contribution is 2.33. The molecule has 0 bridgehead atoms. The number of nitrogen functional groups attached to an aromatic ring is 1. The van der Waals surface area contributed by atoms with E-state index in [9.17, 15) is 19.5 Å². The standard InChI is InChI=1S/C24H28ClFN4O6/c1-23(2,35)13-30-9-7-24(26,8-10-30)12-28-22(34)15-11-16(25)20(27)14-3-4-17(29-21(14)15)36-19(33)6-5-18(31)32/h3-6,11,35H,7-10,12-13,27H2,1-2H3,(H,28,34)(H,31,32)/b6-5+. The molecule has 194 valence electrons. The average molecular weight is 523 g/mol. The van der Waals surface area contributed by atoms with Crippen LogP contribution >= 0.6 is 11.6 Å². The smallest absolute Gasteiger partial charge is 0.337 e. The number of fused-ring (bicyclic) bond motifs is 1. The number of carbonyl (C=O) groups excluding carboxylic acids is 2. The van der Waals surface area contributed by atoms with Crippen molar-refractivity contribution in [2.24, 2.45) is 0 Å². The van der Waals surface area contributed by atoms with E-state index in [1.807, 2.05) is 4.90 Å². The number of esters is 1. The van der Waals surface area contributed by atoms with Crippen LogP contribution in [0.2, 0.25) is 5.02 Å². The molecule has 1 aromatic heterocycles. The summed E-state index contributed by atoms with van der Waals surface area (Å²) in [5.41, 5.74) is 3.75. The monoisotopic (exact) mass is 522 g/mol. The lowest BCUT2D eigenvalue weighted by Gasteiger charge is -2.38. The number of pyridine rings is 1. The van der Waals surface area contributed by atoms with Crippen molar-refractivity contribution in [1.82, 2.24) is 15.2 Å². The fraction of sp³-hybridized carbons (Fsp3) is 0.417. The molecule has 0 aliphatic carbocycles. The van der Waals surface area contributed by atoms with Gasteiger partial charge in [0.1, 0.15) is 5.67 Å². The summed E-state index contributed by atoms with van der Waals surface area (Å²) in [4.78, 5) is 41.6. The van der Waals surface area contributed by atoms with Gasteiger partial charge in [0, 0.05) is 43.2 Å². The zero-order valence-corrected chi connectivity index (χ0v) is 20.6. The molecule has 3 rings (SSSR count). The number of hydrogen-bond donors (Lipinski definition) is 4. The van der Waals surface area contributed by atoms with Gasteiger partial charge in [-0.05, 0) is 38.8 Å². The van der Waals surface area contributed by atoms with Crippen LogP contribution in [0.15, 0.2) is 30.4 Å². The van der Waals surface area contributed by atoms with Gasteiger partial charge in [-0.3, -0.25) is 4.79 Å². The second-order valence-corrected chi connectivity index (χ2v) is 9.79. The van der Waals surface area contributed by atoms with Crippen LogP contribution in [0.1, 0.15) is 37.0 Å². The van der Waals surface area contributed by atoms with Gasteiger partial charge in [-0.2, -0.15) is 0 Å². The number of alkyl halides is 1. The number of β-amino-alcohol motifs (C(OH)–C–C–N with tert-alkyl or cyclic N) is 1. The first-order chi connectivity index (χ1) is 16.8. The van der Waals surface area contributed by atoms with E-state index in [2.05, 4.69) is 10.3 Å². The zero-order chi connectivity index (χ0) is 26.7. The van der Waals surface area contributed by atoms with Crippen molar-refractivity contribution in [2.75, 3.05) is 31.9 Å². The molecule has 0 radical (unpaired) electrons. The number of nitrogens with zero attached hydrogens (tertiary/aromatic N) is 2. The number of aliphatic carboxylic acids is 1. The van der Waals surface area contributed by atoms with Crippen LogP contribution in [0.25, 0.3) is 10.9 Å². The van der Waals surface area contributed by atoms with Crippen molar-refractivity contribution in [1.29, 1.82) is 0 Å². The largest absolute Gasteiger partial charge is 0.478 e. The molecule has 1 aliphatic rings. The number of anilines is 1. The summed E-state index contributed by atoms with van der Waals surface area (Å²) in [6.45, 7) is 4.47. The van der Waals surface area contributed by atoms with E-state index in [0.29, 0.717) is 37.2 Å². The van der Waals surface area contributed by atoms with Gasteiger partial charge in [0.25, 0.3) is 5.91 Å². The molecule has 2 aromatic rings. The van der Waals surface area contributed by atoms with Crippen molar-refractivity contribution in [3.05, 3.63) is 40.9 Å². The second-order valence-electron chi connectivity index (χ2n) is 9.38. The molecular formula is C24H28ClFN4O6. The third-order valence-corrected chi connectivity index (χ3v) is 6.00. The first kappa shape index (κ1) is 27.3. The first-order valence-electron chi connectivity index (χ1n) is 11.2. The van der Waals surface area contributed by atoms with Gasteiger partial charge in [0.05, 0.1) is 33.9 Å². The summed E-state index contributed by atoms with van der Waals surface area (Å²) < 4.78 is 20.4. The summed E-state index contributed by atoms with van der Waals surface area (Å²) in [6, 6.07) is 4.08. The molecular weight excluding hydrogens is 495 g/mol. The van der Waals surface area contributed by atoms with E-state index in [0.717, 1.165) is 0 Å². The minimum atomic E-state index is -1.62. The lowest BCUT2D eigenvalue weighted by molar-refractivity contribution is -0.133. The second kappa shape index (κ2) is 10.8. The number of nitrogens with one attached hydrogen (secondary N) is 1. The van der Waals surface area contributed by atoms with Gasteiger partial charge < -0.3 is 30.9 Å². The molecule has 1 aromatic carbocycles. The Bertz CT molecular complexity index is 1210. The van der Waals surface area contributed by atoms with Crippen LogP contribution in [-0.4, -0.2) is 75.4 Å². The Morgan fingerprint density at radius 3 is 2.58 bits per heavy atom. The van der Waals surface area contributed by atoms with Crippen LogP contribution in [-0.2, 0) is 9.59 Å². The molecule has 0 saturated carbocycles. The average Bonchev–Trinajstić information content (AvgIpc) is 2.79. The van der Waals surface area contributed by atoms with E-state index >= 15 is 4.39 Å². The number of ether oxygens (including phenoxy) is 1. The lowest BCUT2D eigenvalue weighted by Crippen LogP contribution is -2.50. The summed E-state index contributed by atoms with van der Waals surface area (Å²) >= 11 is 6.19. The molecule has 1 amide bonds. The predicted octanol–water partition coefficient (Wildman–Crippen LogP) is 2.32. The lowest BCUT2D eigenvalue weighted by atomic mass is 9.92. The molecule has 0 unspecified atom stereocenters. The van der Waals surface area contributed by atoms with E-state index in [-0.39, 0.29) is 47.1 Å². The summed E-state index contributed by atoms with van der Waals surface area (Å²) in [7, 11) is 0. The topological polar surface area (TPSA) is 155 Å². The molecule has 5 N–H and O–H groups in total. The number of aromatic nitrogens is 1. The number of amides is 1. The number of carboxylic acids is 1. The highest BCUT2D eigenvalue weighted by atomic mass is 35.5. The van der Waals surface area contributed by atoms with Crippen molar-refractivity contribution in [3.63, 3.8) is 0 Å². The molecule has 0 atom stereocenters. The number of nitrogens with two attached hydrogens (primary N) is 1. The number of aliphatic hydroxyl groups is 1. The quantitative estimate of drug-likeness (QED) is 0.232. The fourth-order valence-electron chi connectivity index (χ4n) is 3.94. The minimum Gasteiger partial charge on any atom is -0.478 e. The van der Waals surface area contributed by atoms with Gasteiger partial charge in [-0.15, -0.1) is 0 Å². The minimum absolute atomic E-state index is 0.00578. The molecule has 0 spiro atoms. The number of piperidine rings is 1. The number of hydrogen-bond acceptors (Lipinski definition) is 8. The normalized spacial score (nSPS) is 16.2. The Labute approximate surface area is 211 Å². The number of rotatable bonds is 8. The van der Waals surface area contributed by atoms with E-state index < -0.39 is 29.1 Å². The van der Waals surface area contributed by atoms with Gasteiger partial charge >= 0.3 is 11.9 Å². The maximum atomic E-state index is 15.4. The highest BCUT2D eigenvalue weighted by Gasteiger charge is 2.36. The summed E-state index contributed by atoms with van der Waals surface area (Å²) in [6.07, 6.45) is 1.71. The van der Waals surface area contributed by atoms with Crippen LogP contribution in [0.4, 0.5) is 10.1 Å². The van der Waals surface area contributed by atoms with E-state index in [1.165, 1.54) is 18.2 Å². The maximum Gasteiger partial charge on any atom is 0.337 e. The number of benzene rings is 1. The number of likely N-dealkylation sites (tertiary alicyclic amines) is 1. The van der Waals surface area contributed by atoms with Gasteiger partial charge in [-0.1, -0.05) is 11.6 Å². The Kier molecular flexibility index (Phi) is 8.17. The number of carbonyl (C=O) groups is 3. The molecule has 2 heterocycles. The molecule has 36 heavy (non-hydrogen) atoms. The van der Waals surface area contributed by atoms with Crippen molar-refractivity contribution >= 4 is 46.0 Å². The Morgan fingerprint density at radius 1 is 1.31 bits per heavy atom. The SMILES string of the molecule is CC(C)(O)CN1CCC(F)(CNC(=O)c2cc(Cl)c(N)c3ccc(OC(=O)/C=C/C(=O)O)nc23)CC1. The molecule has 12 heteroatoms. The van der Waals surface area contributed by atoms with Crippen LogP contribution in [0.5, 0.6) is 5.88 Å². The number of halogens is 2. The third kappa shape index (κ3) is 7.12. The van der Waals surface area contributed by atoms with Gasteiger partial charge in [0.15, 0.2) is 0 Å². The van der Waals surface area contributed by atoms with Crippen molar-refractivity contribution < 1.29 is 33.7 Å². The number of carboxylic acid groups (broad SMARTS) is 1. The predicted molar refractivity (Wildman–Crippen MR) is 132 cm³/mol. The van der Waals surface area contributed by atoms with Crippen LogP contribution in [0, 0.1) is 0 Å². The first-order valence-corrected chi connectivity index (χ1v) is 11.6. The van der Waals surface area contributed by atoms with Crippen LogP contribution in [0.3, 0.4) is 0 Å². The molecule has 1 fully saturated rings. The van der Waals surface area contributed by atoms with E-state index in [4.69, 9.17) is 27.2 Å². The Hall–Kier alpha value is -3.28. The van der Waals surface area contributed by atoms with Crippen molar-refractivity contribution in [2.45, 2.75) is 38.0 Å². The van der Waals surface area contributed by atoms with Crippen LogP contribution < -0.4 is 15.8 Å². The van der Waals surface area contributed by atoms with Crippen molar-refractivity contribution in [3.8, 4) is 5.88 Å². The van der Waals surface area contributed by atoms with Gasteiger partial charge in [0.2, 0.25) is 5.88 Å². The Morgan fingerprint density at radius 2 is 1.97 bits per heavy atom. The van der Waals surface area contributed by atoms with E-state index in [1.54, 1.807) is 13.8 Å². The summed E-state index contributed by atoms with van der Waals surface area (Å²) in [5.74, 6) is -3.14. The molecule has 1 saturated heterocycles. The Balaban J connectivity index is 1.76. The molecule has 10 nitrogen and oxygen atoms in total. The molecule has 1 aliphatic heterocycles. The third-order valence-electron chi connectivity index (χ3n) is 5.68. The highest BCUT2D eigenvalue weighted by molar-refractivity contribution is 6.35. The summed E-state index contributed by atoms with van der Waals surface area (Å²) in [5, 5.41) is 21.6. The zero-order valence-electron chi connectivity index (χ0n) is 19.9. The fourth-order valence-corrected chi connectivity index (χ4v) is 4.15. The maximum absolute atomic E-state index is 15.4. The van der Waals surface area contributed by atoms with Gasteiger partial charge in [-0.25, -0.2) is 19.0 Å².